The van der Waals surface area contributed by atoms with Crippen LogP contribution in [0.2, 0.25) is 0 Å². The van der Waals surface area contributed by atoms with Gasteiger partial charge in [0.1, 0.15) is 0 Å². The summed E-state index contributed by atoms with van der Waals surface area (Å²) in [5.41, 5.74) is 8.70. The van der Waals surface area contributed by atoms with Crippen molar-refractivity contribution in [2.24, 2.45) is 0 Å². The van der Waals surface area contributed by atoms with E-state index in [2.05, 4.69) is 136 Å². The summed E-state index contributed by atoms with van der Waals surface area (Å²) in [6, 6.07) is 37.0. The highest BCUT2D eigenvalue weighted by molar-refractivity contribution is 5.78. The van der Waals surface area contributed by atoms with Gasteiger partial charge in [-0.15, -0.1) is 0 Å². The third-order valence-electron chi connectivity index (χ3n) is 5.52. The molecule has 0 saturated carbocycles. The Labute approximate surface area is 194 Å². The highest BCUT2D eigenvalue weighted by Gasteiger charge is 2.16. The van der Waals surface area contributed by atoms with Gasteiger partial charge in [0.05, 0.1) is 0 Å². The summed E-state index contributed by atoms with van der Waals surface area (Å²) in [6.45, 7) is 12.9. The molecule has 1 heteroatoms. The van der Waals surface area contributed by atoms with Crippen molar-refractivity contribution in [1.29, 1.82) is 0 Å². The lowest BCUT2D eigenvalue weighted by Gasteiger charge is -2.27. The lowest BCUT2D eigenvalue weighted by atomic mass is 9.87. The minimum absolute atomic E-state index is 0.143. The van der Waals surface area contributed by atoms with Gasteiger partial charge in [0.25, 0.3) is 0 Å². The Bertz CT molecular complexity index is 1080. The van der Waals surface area contributed by atoms with Crippen LogP contribution in [0.15, 0.2) is 103 Å². The summed E-state index contributed by atoms with van der Waals surface area (Å²) < 4.78 is 0. The predicted octanol–water partition coefficient (Wildman–Crippen LogP) is 9.46. The van der Waals surface area contributed by atoms with Crippen LogP contribution >= 0.6 is 0 Å². The Kier molecular flexibility index (Phi) is 7.53. The normalized spacial score (nSPS) is 10.8. The van der Waals surface area contributed by atoms with Crippen molar-refractivity contribution in [3.8, 4) is 11.1 Å². The number of nitrogens with zero attached hydrogens (tertiary/aromatic N) is 1. The molecule has 0 N–H and O–H groups in total. The fourth-order valence-electron chi connectivity index (χ4n) is 3.69. The van der Waals surface area contributed by atoms with Gasteiger partial charge in [-0.05, 0) is 65.4 Å². The molecule has 164 valence electrons. The summed E-state index contributed by atoms with van der Waals surface area (Å²) in [7, 11) is 0. The number of aryl methyl sites for hydroxylation is 1. The van der Waals surface area contributed by atoms with E-state index in [1.165, 1.54) is 27.9 Å². The van der Waals surface area contributed by atoms with E-state index in [-0.39, 0.29) is 5.41 Å². The van der Waals surface area contributed by atoms with Gasteiger partial charge in [-0.1, -0.05) is 107 Å². The van der Waals surface area contributed by atoms with E-state index in [4.69, 9.17) is 0 Å². The van der Waals surface area contributed by atoms with Crippen LogP contribution in [0.25, 0.3) is 11.1 Å². The molecule has 0 radical (unpaired) electrons. The molecular weight excluding hydrogens is 386 g/mol. The Morgan fingerprint density at radius 3 is 1.38 bits per heavy atom. The lowest BCUT2D eigenvalue weighted by molar-refractivity contribution is 0.590. The van der Waals surface area contributed by atoms with Crippen molar-refractivity contribution in [3.63, 3.8) is 0 Å². The molecular formula is C31H35N. The fourth-order valence-corrected chi connectivity index (χ4v) is 3.69. The van der Waals surface area contributed by atoms with Crippen molar-refractivity contribution in [2.75, 3.05) is 4.90 Å². The van der Waals surface area contributed by atoms with E-state index < -0.39 is 0 Å². The van der Waals surface area contributed by atoms with Gasteiger partial charge < -0.3 is 4.90 Å². The van der Waals surface area contributed by atoms with Crippen LogP contribution < -0.4 is 4.90 Å². The van der Waals surface area contributed by atoms with Gasteiger partial charge in [-0.25, -0.2) is 0 Å². The number of benzene rings is 4. The van der Waals surface area contributed by atoms with Gasteiger partial charge in [-0.3, -0.25) is 0 Å². The summed E-state index contributed by atoms with van der Waals surface area (Å²) in [4.78, 5) is 2.32. The summed E-state index contributed by atoms with van der Waals surface area (Å²) >= 11 is 0. The fraction of sp³-hybridized carbons (Fsp3) is 0.226. The second-order valence-corrected chi connectivity index (χ2v) is 8.88. The number of hydrogen-bond donors (Lipinski definition) is 0. The Morgan fingerprint density at radius 1 is 0.500 bits per heavy atom. The molecule has 4 aromatic rings. The molecule has 0 aromatic heterocycles. The van der Waals surface area contributed by atoms with Crippen LogP contribution in [-0.2, 0) is 5.41 Å². The van der Waals surface area contributed by atoms with Crippen molar-refractivity contribution in [1.82, 2.24) is 0 Å². The van der Waals surface area contributed by atoms with Crippen LogP contribution in [0.3, 0.4) is 0 Å². The lowest BCUT2D eigenvalue weighted by Crippen LogP contribution is -2.13. The molecule has 0 bridgehead atoms. The molecule has 0 heterocycles. The smallest absolute Gasteiger partial charge is 0.0462 e. The van der Waals surface area contributed by atoms with Crippen molar-refractivity contribution in [2.45, 2.75) is 47.0 Å². The maximum absolute atomic E-state index is 2.32. The summed E-state index contributed by atoms with van der Waals surface area (Å²) in [5, 5.41) is 0. The molecule has 4 rings (SSSR count). The topological polar surface area (TPSA) is 3.24 Å². The third-order valence-corrected chi connectivity index (χ3v) is 5.52. The number of rotatable bonds is 4. The zero-order valence-electron chi connectivity index (χ0n) is 20.3. The highest BCUT2D eigenvalue weighted by Crippen LogP contribution is 2.36. The molecule has 0 aliphatic carbocycles. The van der Waals surface area contributed by atoms with Crippen molar-refractivity contribution in [3.05, 3.63) is 114 Å². The quantitative estimate of drug-likeness (QED) is 0.317. The van der Waals surface area contributed by atoms with Gasteiger partial charge in [-0.2, -0.15) is 0 Å². The van der Waals surface area contributed by atoms with E-state index >= 15 is 0 Å². The second-order valence-electron chi connectivity index (χ2n) is 8.88. The minimum atomic E-state index is 0.143. The Morgan fingerprint density at radius 2 is 0.906 bits per heavy atom. The number of anilines is 3. The van der Waals surface area contributed by atoms with E-state index in [0.717, 1.165) is 11.4 Å². The molecule has 0 aliphatic rings. The van der Waals surface area contributed by atoms with E-state index in [0.29, 0.717) is 0 Å². The summed E-state index contributed by atoms with van der Waals surface area (Å²) in [5.74, 6) is 0. The maximum atomic E-state index is 2.32. The zero-order chi connectivity index (χ0) is 23.1. The highest BCUT2D eigenvalue weighted by atomic mass is 15.1. The second kappa shape index (κ2) is 10.3. The molecule has 32 heavy (non-hydrogen) atoms. The molecule has 0 spiro atoms. The first-order chi connectivity index (χ1) is 15.4. The monoisotopic (exact) mass is 421 g/mol. The van der Waals surface area contributed by atoms with Crippen LogP contribution in [0.1, 0.15) is 45.7 Å². The molecule has 1 nitrogen and oxygen atoms in total. The first kappa shape index (κ1) is 23.3. The summed E-state index contributed by atoms with van der Waals surface area (Å²) in [6.07, 6.45) is 0. The molecule has 0 saturated heterocycles. The average Bonchev–Trinajstić information content (AvgIpc) is 2.83. The maximum Gasteiger partial charge on any atom is 0.0462 e. The van der Waals surface area contributed by atoms with Gasteiger partial charge in [0.2, 0.25) is 0 Å². The van der Waals surface area contributed by atoms with Crippen molar-refractivity contribution < 1.29 is 0 Å². The SMILES string of the molecule is CC.Cc1ccc(N(c2ccc(-c3ccccc3)cc2)c2ccc(C(C)(C)C)cc2)cc1. The van der Waals surface area contributed by atoms with Crippen molar-refractivity contribution >= 4 is 17.1 Å². The first-order valence-corrected chi connectivity index (χ1v) is 11.5. The van der Waals surface area contributed by atoms with Crippen LogP contribution in [-0.4, -0.2) is 0 Å². The van der Waals surface area contributed by atoms with Crippen LogP contribution in [0.5, 0.6) is 0 Å². The van der Waals surface area contributed by atoms with Crippen LogP contribution in [0, 0.1) is 6.92 Å². The molecule has 0 fully saturated rings. The zero-order valence-corrected chi connectivity index (χ0v) is 20.3. The van der Waals surface area contributed by atoms with E-state index in [1.807, 2.05) is 13.8 Å². The predicted molar refractivity (Wildman–Crippen MR) is 141 cm³/mol. The standard InChI is InChI=1S/C29H29N.C2H6/c1-22-10-16-26(17-11-22)30(28-20-14-25(15-21-28)29(2,3)4)27-18-12-24(13-19-27)23-8-6-5-7-9-23;1-2/h5-21H,1-4H3;1-2H3. The van der Waals surface area contributed by atoms with Gasteiger partial charge in [0.15, 0.2) is 0 Å². The molecule has 0 atom stereocenters. The molecule has 0 unspecified atom stereocenters. The average molecular weight is 422 g/mol. The number of hydrogen-bond acceptors (Lipinski definition) is 1. The third kappa shape index (κ3) is 5.48. The molecule has 4 aromatic carbocycles. The minimum Gasteiger partial charge on any atom is -0.311 e. The van der Waals surface area contributed by atoms with Crippen LogP contribution in [0.4, 0.5) is 17.1 Å². The van der Waals surface area contributed by atoms with E-state index in [1.54, 1.807) is 0 Å². The Balaban J connectivity index is 0.00000141. The van der Waals surface area contributed by atoms with E-state index in [9.17, 15) is 0 Å². The molecule has 0 aliphatic heterocycles. The molecule has 0 amide bonds. The largest absolute Gasteiger partial charge is 0.311 e. The van der Waals surface area contributed by atoms with Gasteiger partial charge >= 0.3 is 0 Å². The Hall–Kier alpha value is -3.32. The van der Waals surface area contributed by atoms with Gasteiger partial charge in [0, 0.05) is 17.1 Å². The first-order valence-electron chi connectivity index (χ1n) is 11.5.